The van der Waals surface area contributed by atoms with Crippen LogP contribution in [0, 0.1) is 11.8 Å². The van der Waals surface area contributed by atoms with Crippen LogP contribution in [0.2, 0.25) is 0 Å². The molecule has 3 atom stereocenters. The minimum atomic E-state index is 0.0323. The van der Waals surface area contributed by atoms with Crippen molar-refractivity contribution >= 4 is 5.95 Å². The number of rotatable bonds is 3. The quantitative estimate of drug-likeness (QED) is 0.865. The Morgan fingerprint density at radius 2 is 2.24 bits per heavy atom. The van der Waals surface area contributed by atoms with Crippen LogP contribution in [0.3, 0.4) is 0 Å². The molecule has 1 aliphatic carbocycles. The van der Waals surface area contributed by atoms with Gasteiger partial charge in [0.2, 0.25) is 5.95 Å². The summed E-state index contributed by atoms with van der Waals surface area (Å²) < 4.78 is 0. The van der Waals surface area contributed by atoms with Crippen molar-refractivity contribution in [1.82, 2.24) is 9.97 Å². The average molecular weight is 233 g/mol. The summed E-state index contributed by atoms with van der Waals surface area (Å²) in [5.74, 6) is 2.76. The Morgan fingerprint density at radius 3 is 2.82 bits per heavy atom. The lowest BCUT2D eigenvalue weighted by atomic mass is 10.0. The number of H-pyrrole nitrogens is 1. The molecule has 2 aliphatic rings. The molecule has 3 rings (SSSR count). The second kappa shape index (κ2) is 3.86. The third kappa shape index (κ3) is 1.85. The van der Waals surface area contributed by atoms with Crippen LogP contribution >= 0.6 is 0 Å². The molecule has 2 heterocycles. The van der Waals surface area contributed by atoms with Crippen molar-refractivity contribution in [1.29, 1.82) is 0 Å². The predicted octanol–water partition coefficient (Wildman–Crippen LogP) is 1.74. The van der Waals surface area contributed by atoms with E-state index >= 15 is 0 Å². The van der Waals surface area contributed by atoms with E-state index in [1.807, 2.05) is 0 Å². The van der Waals surface area contributed by atoms with Gasteiger partial charge in [-0.05, 0) is 30.6 Å². The van der Waals surface area contributed by atoms with Crippen LogP contribution in [0.4, 0.5) is 5.95 Å². The molecule has 17 heavy (non-hydrogen) atoms. The number of aromatic amines is 1. The Bertz CT molecular complexity index is 472. The Hall–Kier alpha value is -1.32. The van der Waals surface area contributed by atoms with Crippen molar-refractivity contribution < 1.29 is 0 Å². The molecule has 1 aliphatic heterocycles. The van der Waals surface area contributed by atoms with Gasteiger partial charge in [-0.2, -0.15) is 0 Å². The fourth-order valence-corrected chi connectivity index (χ4v) is 2.70. The van der Waals surface area contributed by atoms with Gasteiger partial charge in [0.05, 0.1) is 0 Å². The normalized spacial score (nSPS) is 28.0. The summed E-state index contributed by atoms with van der Waals surface area (Å²) in [6, 6.07) is 0. The van der Waals surface area contributed by atoms with E-state index in [4.69, 9.17) is 0 Å². The second-order valence-corrected chi connectivity index (χ2v) is 5.46. The number of hydrogen-bond donors (Lipinski definition) is 1. The third-order valence-electron chi connectivity index (χ3n) is 4.24. The molecule has 4 nitrogen and oxygen atoms in total. The van der Waals surface area contributed by atoms with E-state index in [0.717, 1.165) is 42.9 Å². The van der Waals surface area contributed by atoms with Gasteiger partial charge in [0.15, 0.2) is 0 Å². The summed E-state index contributed by atoms with van der Waals surface area (Å²) in [5.41, 5.74) is 0.838. The van der Waals surface area contributed by atoms with Crippen molar-refractivity contribution in [3.63, 3.8) is 0 Å². The Labute approximate surface area is 101 Å². The number of aromatic nitrogens is 2. The van der Waals surface area contributed by atoms with Gasteiger partial charge in [-0.15, -0.1) is 0 Å². The zero-order valence-corrected chi connectivity index (χ0v) is 10.4. The van der Waals surface area contributed by atoms with Gasteiger partial charge in [-0.25, -0.2) is 4.98 Å². The summed E-state index contributed by atoms with van der Waals surface area (Å²) in [6.07, 6.45) is 4.09. The highest BCUT2D eigenvalue weighted by Crippen LogP contribution is 2.45. The van der Waals surface area contributed by atoms with Crippen LogP contribution in [0.1, 0.15) is 38.2 Å². The number of hydrogen-bond acceptors (Lipinski definition) is 3. The van der Waals surface area contributed by atoms with E-state index in [2.05, 4.69) is 28.7 Å². The lowest BCUT2D eigenvalue weighted by Gasteiger charge is -2.18. The largest absolute Gasteiger partial charge is 0.342 e. The fraction of sp³-hybridized carbons (Fsp3) is 0.692. The summed E-state index contributed by atoms with van der Waals surface area (Å²) >= 11 is 0. The zero-order chi connectivity index (χ0) is 12.0. The van der Waals surface area contributed by atoms with Crippen LogP contribution in [0.25, 0.3) is 0 Å². The molecule has 1 aromatic rings. The van der Waals surface area contributed by atoms with Gasteiger partial charge >= 0.3 is 0 Å². The van der Waals surface area contributed by atoms with E-state index < -0.39 is 0 Å². The van der Waals surface area contributed by atoms with Gasteiger partial charge in [-0.3, -0.25) is 9.78 Å². The van der Waals surface area contributed by atoms with Crippen molar-refractivity contribution in [3.05, 3.63) is 22.1 Å². The van der Waals surface area contributed by atoms with Crippen LogP contribution < -0.4 is 10.5 Å². The molecular weight excluding hydrogens is 214 g/mol. The first kappa shape index (κ1) is 10.8. The SMILES string of the molecule is CCC(C)c1cnc(N2CC3CC3C2)[nH]c1=O. The van der Waals surface area contributed by atoms with E-state index in [1.165, 1.54) is 6.42 Å². The molecule has 1 N–H and O–H groups in total. The smallest absolute Gasteiger partial charge is 0.255 e. The van der Waals surface area contributed by atoms with Gasteiger partial charge in [0.25, 0.3) is 5.56 Å². The van der Waals surface area contributed by atoms with Gasteiger partial charge < -0.3 is 4.90 Å². The van der Waals surface area contributed by atoms with E-state index in [1.54, 1.807) is 6.20 Å². The third-order valence-corrected chi connectivity index (χ3v) is 4.24. The molecule has 0 aromatic carbocycles. The summed E-state index contributed by atoms with van der Waals surface area (Å²) in [4.78, 5) is 21.5. The zero-order valence-electron chi connectivity index (χ0n) is 10.4. The average Bonchev–Trinajstić information content (AvgIpc) is 2.95. The highest BCUT2D eigenvalue weighted by Gasteiger charge is 2.45. The first-order chi connectivity index (χ1) is 8.19. The molecule has 1 saturated carbocycles. The summed E-state index contributed by atoms with van der Waals surface area (Å²) in [6.45, 7) is 6.29. The first-order valence-electron chi connectivity index (χ1n) is 6.53. The molecule has 0 bridgehead atoms. The standard InChI is InChI=1S/C13H19N3O/c1-3-8(2)11-5-14-13(15-12(11)17)16-6-9-4-10(9)7-16/h5,8-10H,3-4,6-7H2,1-2H3,(H,14,15,17). The van der Waals surface area contributed by atoms with Crippen LogP contribution in [-0.4, -0.2) is 23.1 Å². The second-order valence-electron chi connectivity index (χ2n) is 5.46. The van der Waals surface area contributed by atoms with E-state index in [0.29, 0.717) is 0 Å². The Morgan fingerprint density at radius 1 is 1.53 bits per heavy atom. The van der Waals surface area contributed by atoms with Crippen LogP contribution in [0.5, 0.6) is 0 Å². The molecule has 92 valence electrons. The molecule has 1 saturated heterocycles. The van der Waals surface area contributed by atoms with E-state index in [9.17, 15) is 4.79 Å². The highest BCUT2D eigenvalue weighted by atomic mass is 16.1. The minimum Gasteiger partial charge on any atom is -0.342 e. The summed E-state index contributed by atoms with van der Waals surface area (Å²) in [7, 11) is 0. The van der Waals surface area contributed by atoms with Crippen LogP contribution in [0.15, 0.2) is 11.0 Å². The van der Waals surface area contributed by atoms with Gasteiger partial charge in [0.1, 0.15) is 0 Å². The predicted molar refractivity (Wildman–Crippen MR) is 67.4 cm³/mol. The monoisotopic (exact) mass is 233 g/mol. The van der Waals surface area contributed by atoms with Crippen molar-refractivity contribution in [3.8, 4) is 0 Å². The molecule has 0 amide bonds. The van der Waals surface area contributed by atoms with Gasteiger partial charge in [0, 0.05) is 24.8 Å². The molecular formula is C13H19N3O. The lowest BCUT2D eigenvalue weighted by Crippen LogP contribution is -2.27. The molecule has 3 unspecified atom stereocenters. The maximum atomic E-state index is 12.0. The molecule has 4 heteroatoms. The number of nitrogens with zero attached hydrogens (tertiary/aromatic N) is 2. The lowest BCUT2D eigenvalue weighted by molar-refractivity contribution is 0.709. The summed E-state index contributed by atoms with van der Waals surface area (Å²) in [5, 5.41) is 0. The van der Waals surface area contributed by atoms with Crippen molar-refractivity contribution in [2.24, 2.45) is 11.8 Å². The minimum absolute atomic E-state index is 0.0323. The molecule has 0 radical (unpaired) electrons. The maximum absolute atomic E-state index is 12.0. The van der Waals surface area contributed by atoms with E-state index in [-0.39, 0.29) is 11.5 Å². The maximum Gasteiger partial charge on any atom is 0.255 e. The number of anilines is 1. The number of fused-ring (bicyclic) bond motifs is 1. The molecule has 0 spiro atoms. The first-order valence-corrected chi connectivity index (χ1v) is 6.53. The van der Waals surface area contributed by atoms with Crippen LogP contribution in [-0.2, 0) is 0 Å². The van der Waals surface area contributed by atoms with Crippen molar-refractivity contribution in [2.45, 2.75) is 32.6 Å². The highest BCUT2D eigenvalue weighted by molar-refractivity contribution is 5.35. The fourth-order valence-electron chi connectivity index (χ4n) is 2.70. The number of nitrogens with one attached hydrogen (secondary N) is 1. The Kier molecular flexibility index (Phi) is 2.45. The molecule has 2 fully saturated rings. The number of piperidine rings is 1. The van der Waals surface area contributed by atoms with Crippen molar-refractivity contribution in [2.75, 3.05) is 18.0 Å². The Balaban J connectivity index is 1.83. The molecule has 1 aromatic heterocycles. The van der Waals surface area contributed by atoms with Gasteiger partial charge in [-0.1, -0.05) is 13.8 Å². The topological polar surface area (TPSA) is 49.0 Å².